The van der Waals surface area contributed by atoms with Crippen LogP contribution in [0.2, 0.25) is 0 Å². The summed E-state index contributed by atoms with van der Waals surface area (Å²) in [5, 5.41) is 6.60. The van der Waals surface area contributed by atoms with Gasteiger partial charge in [-0.25, -0.2) is 9.97 Å². The van der Waals surface area contributed by atoms with Crippen LogP contribution in [0, 0.1) is 0 Å². The van der Waals surface area contributed by atoms with Crippen molar-refractivity contribution in [2.45, 2.75) is 46.1 Å². The van der Waals surface area contributed by atoms with Crippen LogP contribution in [0.5, 0.6) is 0 Å². The van der Waals surface area contributed by atoms with Crippen LogP contribution in [0.1, 0.15) is 39.4 Å². The summed E-state index contributed by atoms with van der Waals surface area (Å²) in [6.45, 7) is 7.16. The van der Waals surface area contributed by atoms with Gasteiger partial charge in [0.2, 0.25) is 0 Å². The second-order valence-electron chi connectivity index (χ2n) is 5.02. The lowest BCUT2D eigenvalue weighted by atomic mass is 10.3. The Kier molecular flexibility index (Phi) is 7.51. The second-order valence-corrected chi connectivity index (χ2v) is 6.50. The Hall–Kier alpha value is -1.17. The summed E-state index contributed by atoms with van der Waals surface area (Å²) < 4.78 is 11.2. The number of aryl methyl sites for hydroxylation is 1. The van der Waals surface area contributed by atoms with Gasteiger partial charge in [0, 0.05) is 47.9 Å². The Bertz CT molecular complexity index is 439. The SMILES string of the molecule is CCCNc1cc(NC(C)CS(C)=O)nc(CCC)n1. The lowest BCUT2D eigenvalue weighted by Gasteiger charge is -2.15. The molecule has 0 amide bonds. The first-order chi connectivity index (χ1) is 9.55. The largest absolute Gasteiger partial charge is 0.370 e. The highest BCUT2D eigenvalue weighted by molar-refractivity contribution is 7.84. The van der Waals surface area contributed by atoms with E-state index in [0.717, 1.165) is 43.3 Å². The molecule has 0 aliphatic heterocycles. The van der Waals surface area contributed by atoms with Crippen LogP contribution in [-0.4, -0.2) is 38.8 Å². The van der Waals surface area contributed by atoms with E-state index in [1.54, 1.807) is 6.26 Å². The van der Waals surface area contributed by atoms with Crippen LogP contribution in [0.4, 0.5) is 11.6 Å². The molecule has 114 valence electrons. The fourth-order valence-corrected chi connectivity index (χ4v) is 2.68. The number of aromatic nitrogens is 2. The van der Waals surface area contributed by atoms with Gasteiger partial charge in [0.25, 0.3) is 0 Å². The molecule has 1 rings (SSSR count). The van der Waals surface area contributed by atoms with Crippen LogP contribution >= 0.6 is 0 Å². The minimum absolute atomic E-state index is 0.129. The molecule has 6 heteroatoms. The van der Waals surface area contributed by atoms with Crippen LogP contribution < -0.4 is 10.6 Å². The molecule has 0 aromatic carbocycles. The van der Waals surface area contributed by atoms with E-state index in [4.69, 9.17) is 0 Å². The molecule has 0 aliphatic carbocycles. The third-order valence-electron chi connectivity index (χ3n) is 2.68. The Labute approximate surface area is 124 Å². The highest BCUT2D eigenvalue weighted by atomic mass is 32.2. The first-order valence-electron chi connectivity index (χ1n) is 7.23. The molecule has 0 aliphatic rings. The molecule has 1 aromatic heterocycles. The minimum Gasteiger partial charge on any atom is -0.370 e. The summed E-state index contributed by atoms with van der Waals surface area (Å²) in [7, 11) is -0.810. The number of nitrogens with zero attached hydrogens (tertiary/aromatic N) is 2. The third kappa shape index (κ3) is 6.32. The summed E-state index contributed by atoms with van der Waals surface area (Å²) >= 11 is 0. The molecule has 0 saturated carbocycles. The Morgan fingerprint density at radius 2 is 1.95 bits per heavy atom. The summed E-state index contributed by atoms with van der Waals surface area (Å²) in [6, 6.07) is 2.05. The van der Waals surface area contributed by atoms with Crippen LogP contribution in [0.25, 0.3) is 0 Å². The number of nitrogens with one attached hydrogen (secondary N) is 2. The van der Waals surface area contributed by atoms with E-state index in [1.165, 1.54) is 0 Å². The van der Waals surface area contributed by atoms with E-state index in [1.807, 2.05) is 13.0 Å². The summed E-state index contributed by atoms with van der Waals surface area (Å²) in [5.41, 5.74) is 0. The standard InChI is InChI=1S/C14H26N4OS/c1-5-7-12-17-13(15-8-6-2)9-14(18-12)16-11(3)10-20(4)19/h9,11H,5-8,10H2,1-4H3,(H2,15,16,17,18). The summed E-state index contributed by atoms with van der Waals surface area (Å²) in [5.74, 6) is 3.13. The smallest absolute Gasteiger partial charge is 0.133 e. The van der Waals surface area contributed by atoms with Gasteiger partial charge >= 0.3 is 0 Å². The maximum absolute atomic E-state index is 11.2. The topological polar surface area (TPSA) is 66.9 Å². The molecular formula is C14H26N4OS. The third-order valence-corrected chi connectivity index (χ3v) is 3.65. The Balaban J connectivity index is 2.81. The molecule has 0 saturated heterocycles. The summed E-state index contributed by atoms with van der Waals surface area (Å²) in [4.78, 5) is 9.02. The molecule has 1 heterocycles. The highest BCUT2D eigenvalue weighted by Gasteiger charge is 2.08. The molecule has 0 radical (unpaired) electrons. The van der Waals surface area contributed by atoms with Crippen molar-refractivity contribution in [1.29, 1.82) is 0 Å². The lowest BCUT2D eigenvalue weighted by Crippen LogP contribution is -2.23. The zero-order valence-corrected chi connectivity index (χ0v) is 13.7. The number of hydrogen-bond donors (Lipinski definition) is 2. The van der Waals surface area contributed by atoms with Crippen molar-refractivity contribution in [2.24, 2.45) is 0 Å². The fourth-order valence-electron chi connectivity index (χ4n) is 1.90. The zero-order valence-electron chi connectivity index (χ0n) is 12.9. The van der Waals surface area contributed by atoms with Crippen molar-refractivity contribution in [3.05, 3.63) is 11.9 Å². The molecule has 20 heavy (non-hydrogen) atoms. The van der Waals surface area contributed by atoms with Crippen LogP contribution in [0.3, 0.4) is 0 Å². The van der Waals surface area contributed by atoms with E-state index in [-0.39, 0.29) is 6.04 Å². The maximum Gasteiger partial charge on any atom is 0.133 e. The van der Waals surface area contributed by atoms with E-state index in [2.05, 4.69) is 34.4 Å². The number of anilines is 2. The molecule has 1 aromatic rings. The predicted octanol–water partition coefficient (Wildman–Crippen LogP) is 2.43. The van der Waals surface area contributed by atoms with Crippen molar-refractivity contribution in [1.82, 2.24) is 9.97 Å². The molecule has 0 bridgehead atoms. The molecule has 2 N–H and O–H groups in total. The van der Waals surface area contributed by atoms with Gasteiger partial charge in [0.05, 0.1) is 0 Å². The van der Waals surface area contributed by atoms with Gasteiger partial charge in [-0.1, -0.05) is 13.8 Å². The first-order valence-corrected chi connectivity index (χ1v) is 8.96. The predicted molar refractivity (Wildman–Crippen MR) is 86.8 cm³/mol. The van der Waals surface area contributed by atoms with Gasteiger partial charge in [0.1, 0.15) is 17.5 Å². The summed E-state index contributed by atoms with van der Waals surface area (Å²) in [6.07, 6.45) is 4.66. The van der Waals surface area contributed by atoms with E-state index in [9.17, 15) is 4.21 Å². The van der Waals surface area contributed by atoms with Crippen molar-refractivity contribution in [3.8, 4) is 0 Å². The van der Waals surface area contributed by atoms with Gasteiger partial charge < -0.3 is 10.6 Å². The molecule has 0 spiro atoms. The van der Waals surface area contributed by atoms with Crippen LogP contribution in [-0.2, 0) is 17.2 Å². The lowest BCUT2D eigenvalue weighted by molar-refractivity contribution is 0.682. The zero-order chi connectivity index (χ0) is 15.0. The van der Waals surface area contributed by atoms with Gasteiger partial charge in [-0.05, 0) is 19.8 Å². The molecular weight excluding hydrogens is 272 g/mol. The average Bonchev–Trinajstić information content (AvgIpc) is 2.35. The highest BCUT2D eigenvalue weighted by Crippen LogP contribution is 2.13. The monoisotopic (exact) mass is 298 g/mol. The molecule has 0 fully saturated rings. The van der Waals surface area contributed by atoms with Crippen molar-refractivity contribution < 1.29 is 4.21 Å². The van der Waals surface area contributed by atoms with Crippen molar-refractivity contribution in [2.75, 3.05) is 29.2 Å². The van der Waals surface area contributed by atoms with Gasteiger partial charge in [-0.2, -0.15) is 0 Å². The van der Waals surface area contributed by atoms with E-state index in [0.29, 0.717) is 5.75 Å². The van der Waals surface area contributed by atoms with Gasteiger partial charge in [-0.15, -0.1) is 0 Å². The second kappa shape index (κ2) is 8.89. The Morgan fingerprint density at radius 3 is 2.55 bits per heavy atom. The number of rotatable bonds is 9. The minimum atomic E-state index is -0.810. The average molecular weight is 298 g/mol. The van der Waals surface area contributed by atoms with Crippen LogP contribution in [0.15, 0.2) is 6.07 Å². The van der Waals surface area contributed by atoms with E-state index < -0.39 is 10.8 Å². The first kappa shape index (κ1) is 16.9. The van der Waals surface area contributed by atoms with Crippen molar-refractivity contribution in [3.63, 3.8) is 0 Å². The van der Waals surface area contributed by atoms with Crippen molar-refractivity contribution >= 4 is 22.4 Å². The van der Waals surface area contributed by atoms with Gasteiger partial charge in [0.15, 0.2) is 0 Å². The maximum atomic E-state index is 11.2. The normalized spacial score (nSPS) is 13.8. The van der Waals surface area contributed by atoms with Gasteiger partial charge in [-0.3, -0.25) is 4.21 Å². The molecule has 5 nitrogen and oxygen atoms in total. The Morgan fingerprint density at radius 1 is 1.25 bits per heavy atom. The molecule has 2 atom stereocenters. The quantitative estimate of drug-likeness (QED) is 0.733. The fraction of sp³-hybridized carbons (Fsp3) is 0.714. The number of hydrogen-bond acceptors (Lipinski definition) is 5. The van der Waals surface area contributed by atoms with E-state index >= 15 is 0 Å². The molecule has 2 unspecified atom stereocenters.